The third-order valence-corrected chi connectivity index (χ3v) is 5.37. The second-order valence-corrected chi connectivity index (χ2v) is 9.03. The maximum atomic E-state index is 13.4. The average molecular weight is 432 g/mol. The van der Waals surface area contributed by atoms with Gasteiger partial charge in [0.25, 0.3) is 0 Å². The zero-order valence-electron chi connectivity index (χ0n) is 15.5. The average Bonchev–Trinajstić information content (AvgIpc) is 3.08. The van der Waals surface area contributed by atoms with E-state index in [0.717, 1.165) is 15.7 Å². The van der Waals surface area contributed by atoms with E-state index in [1.165, 1.54) is 18.7 Å². The van der Waals surface area contributed by atoms with E-state index in [9.17, 15) is 26.8 Å². The zero-order valence-corrected chi connectivity index (χ0v) is 16.3. The highest BCUT2D eigenvalue weighted by atomic mass is 32.2. The molecule has 1 aromatic heterocycles. The number of nitrogens with zero attached hydrogens (tertiary/aromatic N) is 2. The smallest absolute Gasteiger partial charge is 0.459 e. The molecule has 0 bridgehead atoms. The van der Waals surface area contributed by atoms with Crippen molar-refractivity contribution in [1.29, 1.82) is 0 Å². The minimum atomic E-state index is -5.96. The van der Waals surface area contributed by atoms with Gasteiger partial charge in [-0.2, -0.15) is 17.2 Å². The van der Waals surface area contributed by atoms with Crippen LogP contribution in [-0.4, -0.2) is 52.0 Å². The van der Waals surface area contributed by atoms with E-state index >= 15 is 0 Å². The Morgan fingerprint density at radius 1 is 1.31 bits per heavy atom. The van der Waals surface area contributed by atoms with Crippen LogP contribution in [0.1, 0.15) is 26.7 Å². The topological polar surface area (TPSA) is 125 Å². The number of carbonyl (C=O) groups excluding carboxylic acids is 2. The Hall–Kier alpha value is -2.60. The monoisotopic (exact) mass is 432 g/mol. The van der Waals surface area contributed by atoms with Crippen LogP contribution in [0.25, 0.3) is 0 Å². The van der Waals surface area contributed by atoms with Crippen LogP contribution in [0.5, 0.6) is 0 Å². The van der Waals surface area contributed by atoms with E-state index in [0.29, 0.717) is 6.42 Å². The summed E-state index contributed by atoms with van der Waals surface area (Å²) >= 11 is 0. The maximum absolute atomic E-state index is 13.4. The number of ether oxygens (including phenoxy) is 2. The van der Waals surface area contributed by atoms with Crippen molar-refractivity contribution in [1.82, 2.24) is 9.55 Å². The molecule has 2 atom stereocenters. The minimum absolute atomic E-state index is 0.0676. The number of hydrogen-bond donors (Lipinski definition) is 1. The Morgan fingerprint density at radius 2 is 1.97 bits per heavy atom. The lowest BCUT2D eigenvalue weighted by Gasteiger charge is -2.34. The summed E-state index contributed by atoms with van der Waals surface area (Å²) in [5.74, 6) is -2.38. The van der Waals surface area contributed by atoms with Gasteiger partial charge < -0.3 is 9.47 Å². The van der Waals surface area contributed by atoms with Crippen LogP contribution >= 0.6 is 0 Å². The van der Waals surface area contributed by atoms with Gasteiger partial charge in [-0.05, 0) is 30.6 Å². The predicted molar refractivity (Wildman–Crippen MR) is 93.5 cm³/mol. The number of rotatable bonds is 5. The summed E-state index contributed by atoms with van der Waals surface area (Å²) in [5, 5.41) is -5.08. The molecule has 2 aliphatic rings. The zero-order chi connectivity index (χ0) is 21.7. The first-order valence-electron chi connectivity index (χ1n) is 8.42. The Labute approximate surface area is 164 Å². The molecule has 0 amide bonds. The van der Waals surface area contributed by atoms with Crippen LogP contribution in [-0.2, 0) is 24.4 Å². The Morgan fingerprint density at radius 3 is 2.55 bits per heavy atom. The van der Waals surface area contributed by atoms with Crippen molar-refractivity contribution in [2.75, 3.05) is 6.61 Å². The molecule has 1 fully saturated rings. The molecule has 0 spiro atoms. The summed E-state index contributed by atoms with van der Waals surface area (Å²) < 4.78 is 68.0. The van der Waals surface area contributed by atoms with Gasteiger partial charge in [0.05, 0.1) is 0 Å². The highest BCUT2D eigenvalue weighted by Gasteiger charge is 2.55. The fourth-order valence-corrected chi connectivity index (χ4v) is 3.61. The van der Waals surface area contributed by atoms with E-state index in [1.807, 2.05) is 0 Å². The van der Waals surface area contributed by atoms with Crippen LogP contribution in [0.15, 0.2) is 42.0 Å². The van der Waals surface area contributed by atoms with Gasteiger partial charge >= 0.3 is 27.4 Å². The molecule has 1 saturated carbocycles. The normalized spacial score (nSPS) is 26.5. The molecule has 1 aromatic rings. The summed E-state index contributed by atoms with van der Waals surface area (Å²) in [5.41, 5.74) is -0.409. The lowest BCUT2D eigenvalue weighted by molar-refractivity contribution is -0.164. The van der Waals surface area contributed by atoms with Gasteiger partial charge in [0.15, 0.2) is 0 Å². The minimum Gasteiger partial charge on any atom is -0.459 e. The van der Waals surface area contributed by atoms with Gasteiger partial charge in [-0.15, -0.1) is 0 Å². The van der Waals surface area contributed by atoms with E-state index < -0.39 is 45.1 Å². The summed E-state index contributed by atoms with van der Waals surface area (Å²) in [6.45, 7) is 2.60. The number of hydrogen-bond acceptors (Lipinski definition) is 7. The van der Waals surface area contributed by atoms with Crippen molar-refractivity contribution in [2.24, 2.45) is 5.41 Å². The molecule has 158 valence electrons. The Balaban J connectivity index is 1.76. The SMILES string of the molecule is CC1(COC(=O)C(F)(F)S(=O)(=O)O)C=C2CC2=CC(C)(OC(=O)n2ccnc2)C1. The predicted octanol–water partition coefficient (Wildman–Crippen LogP) is 2.32. The number of esters is 1. The van der Waals surface area contributed by atoms with Crippen molar-refractivity contribution >= 4 is 22.2 Å². The number of alkyl halides is 2. The Kier molecular flexibility index (Phi) is 4.90. The second kappa shape index (κ2) is 6.73. The van der Waals surface area contributed by atoms with Crippen LogP contribution in [0, 0.1) is 5.41 Å². The van der Waals surface area contributed by atoms with Crippen LogP contribution < -0.4 is 0 Å². The van der Waals surface area contributed by atoms with Crippen molar-refractivity contribution in [3.8, 4) is 0 Å². The highest BCUT2D eigenvalue weighted by Crippen LogP contribution is 2.49. The second-order valence-electron chi connectivity index (χ2n) is 7.57. The molecule has 9 nitrogen and oxygen atoms in total. The molecule has 0 aliphatic heterocycles. The highest BCUT2D eigenvalue weighted by molar-refractivity contribution is 7.87. The maximum Gasteiger partial charge on any atom is 0.465 e. The van der Waals surface area contributed by atoms with E-state index in [2.05, 4.69) is 9.72 Å². The fraction of sp³-hybridized carbons (Fsp3) is 0.471. The summed E-state index contributed by atoms with van der Waals surface area (Å²) in [7, 11) is -5.96. The molecular formula is C17H18F2N2O7S. The van der Waals surface area contributed by atoms with E-state index in [-0.39, 0.29) is 6.42 Å². The first-order chi connectivity index (χ1) is 13.2. The molecule has 0 radical (unpaired) electrons. The molecule has 29 heavy (non-hydrogen) atoms. The van der Waals surface area contributed by atoms with Gasteiger partial charge in [0.1, 0.15) is 18.5 Å². The standard InChI is InChI=1S/C17H18F2N2O7S/c1-15(9-27-13(22)17(18,19)29(24,25)26)6-11-5-12(11)7-16(2,8-15)28-14(23)21-4-3-20-10-21/h3-4,6-7,10H,5,8-9H2,1-2H3,(H,24,25,26). The van der Waals surface area contributed by atoms with Crippen molar-refractivity contribution in [3.05, 3.63) is 42.0 Å². The summed E-state index contributed by atoms with van der Waals surface area (Å²) in [6, 6.07) is 0. The fourth-order valence-electron chi connectivity index (χ4n) is 3.34. The van der Waals surface area contributed by atoms with Crippen LogP contribution in [0.3, 0.4) is 0 Å². The number of carbonyl (C=O) groups is 2. The van der Waals surface area contributed by atoms with E-state index in [1.54, 1.807) is 26.0 Å². The van der Waals surface area contributed by atoms with Gasteiger partial charge in [0, 0.05) is 24.2 Å². The molecule has 2 aliphatic carbocycles. The third-order valence-electron chi connectivity index (χ3n) is 4.56. The van der Waals surface area contributed by atoms with E-state index in [4.69, 9.17) is 9.29 Å². The number of fused-ring (bicyclic) bond motifs is 1. The molecule has 2 unspecified atom stereocenters. The van der Waals surface area contributed by atoms with Crippen molar-refractivity contribution < 1.29 is 40.8 Å². The first-order valence-corrected chi connectivity index (χ1v) is 9.86. The molecule has 3 rings (SSSR count). The molecule has 0 aromatic carbocycles. The third kappa shape index (κ3) is 4.37. The van der Waals surface area contributed by atoms with Gasteiger partial charge in [-0.25, -0.2) is 19.1 Å². The number of imidazole rings is 1. The lowest BCUT2D eigenvalue weighted by atomic mass is 9.80. The van der Waals surface area contributed by atoms with Gasteiger partial charge in [0.2, 0.25) is 0 Å². The first kappa shape index (κ1) is 21.1. The van der Waals surface area contributed by atoms with Gasteiger partial charge in [-0.1, -0.05) is 13.0 Å². The lowest BCUT2D eigenvalue weighted by Crippen LogP contribution is -2.42. The van der Waals surface area contributed by atoms with Crippen molar-refractivity contribution in [3.63, 3.8) is 0 Å². The summed E-state index contributed by atoms with van der Waals surface area (Å²) in [4.78, 5) is 27.6. The number of halogens is 2. The largest absolute Gasteiger partial charge is 0.465 e. The molecule has 1 heterocycles. The number of aromatic nitrogens is 2. The van der Waals surface area contributed by atoms with Gasteiger partial charge in [-0.3, -0.25) is 4.55 Å². The molecule has 1 N–H and O–H groups in total. The van der Waals surface area contributed by atoms with Crippen LogP contribution in [0.2, 0.25) is 0 Å². The van der Waals surface area contributed by atoms with Crippen LogP contribution in [0.4, 0.5) is 13.6 Å². The summed E-state index contributed by atoms with van der Waals surface area (Å²) in [6.07, 6.45) is 7.48. The molecular weight excluding hydrogens is 414 g/mol. The Bertz CT molecular complexity index is 1020. The van der Waals surface area contributed by atoms with Crippen molar-refractivity contribution in [2.45, 2.75) is 37.5 Å². The molecule has 0 saturated heterocycles. The quantitative estimate of drug-likeness (QED) is 0.555. The molecule has 12 heteroatoms. The number of allylic oxidation sites excluding steroid dienone is 2.